The van der Waals surface area contributed by atoms with Crippen molar-refractivity contribution in [2.75, 3.05) is 0 Å². The molecule has 3 heteroatoms. The van der Waals surface area contributed by atoms with Gasteiger partial charge in [-0.3, -0.25) is 0 Å². The van der Waals surface area contributed by atoms with Crippen LogP contribution in [-0.4, -0.2) is 0 Å². The Balaban J connectivity index is 3.06. The van der Waals surface area contributed by atoms with E-state index in [1.165, 1.54) is 12.1 Å². The molecule has 0 saturated carbocycles. The summed E-state index contributed by atoms with van der Waals surface area (Å²) in [6.45, 7) is 3.86. The Bertz CT molecular complexity index is 285. The number of hydrogen-bond acceptors (Lipinski definition) is 0. The van der Waals surface area contributed by atoms with E-state index < -0.39 is 11.6 Å². The van der Waals surface area contributed by atoms with Gasteiger partial charge in [-0.05, 0) is 24.5 Å². The largest absolute Gasteiger partial charge is 0.207 e. The van der Waals surface area contributed by atoms with Crippen molar-refractivity contribution in [3.05, 3.63) is 33.8 Å². The molecule has 0 radical (unpaired) electrons. The molecule has 0 aromatic heterocycles. The lowest BCUT2D eigenvalue weighted by Crippen LogP contribution is -2.01. The second kappa shape index (κ2) is 4.18. The predicted octanol–water partition coefficient (Wildman–Crippen LogP) is 3.93. The Hall–Kier alpha value is -0.440. The molecule has 0 unspecified atom stereocenters. The lowest BCUT2D eigenvalue weighted by Gasteiger charge is -2.07. The van der Waals surface area contributed by atoms with Crippen molar-refractivity contribution in [2.24, 2.45) is 5.92 Å². The highest BCUT2D eigenvalue weighted by atomic mass is 79.9. The van der Waals surface area contributed by atoms with Crippen LogP contribution in [0.2, 0.25) is 0 Å². The number of halogens is 3. The van der Waals surface area contributed by atoms with Gasteiger partial charge < -0.3 is 0 Å². The van der Waals surface area contributed by atoms with Crippen LogP contribution in [0.15, 0.2) is 16.6 Å². The lowest BCUT2D eigenvalue weighted by molar-refractivity contribution is 0.524. The molecule has 1 aromatic carbocycles. The highest BCUT2D eigenvalue weighted by molar-refractivity contribution is 9.10. The minimum atomic E-state index is -0.472. The third-order valence-corrected chi connectivity index (χ3v) is 2.18. The van der Waals surface area contributed by atoms with Crippen molar-refractivity contribution in [3.8, 4) is 0 Å². The maximum atomic E-state index is 13.2. The Morgan fingerprint density at radius 2 is 1.69 bits per heavy atom. The molecule has 0 saturated heterocycles. The first-order chi connectivity index (χ1) is 6.00. The van der Waals surface area contributed by atoms with Crippen molar-refractivity contribution in [1.29, 1.82) is 0 Å². The van der Waals surface area contributed by atoms with E-state index in [9.17, 15) is 8.78 Å². The maximum Gasteiger partial charge on any atom is 0.130 e. The summed E-state index contributed by atoms with van der Waals surface area (Å²) < 4.78 is 26.8. The first-order valence-electron chi connectivity index (χ1n) is 4.14. The predicted molar refractivity (Wildman–Crippen MR) is 52.6 cm³/mol. The molecule has 0 heterocycles. The van der Waals surface area contributed by atoms with Crippen LogP contribution >= 0.6 is 15.9 Å². The number of rotatable bonds is 2. The SMILES string of the molecule is CC(C)Cc1c(F)cc(Br)cc1F. The molecule has 0 aliphatic heterocycles. The molecule has 0 aliphatic rings. The van der Waals surface area contributed by atoms with Gasteiger partial charge in [-0.1, -0.05) is 29.8 Å². The highest BCUT2D eigenvalue weighted by Crippen LogP contribution is 2.21. The third-order valence-electron chi connectivity index (χ3n) is 1.72. The lowest BCUT2D eigenvalue weighted by atomic mass is 10.0. The summed E-state index contributed by atoms with van der Waals surface area (Å²) in [7, 11) is 0. The molecule has 0 amide bonds. The number of benzene rings is 1. The fourth-order valence-corrected chi connectivity index (χ4v) is 1.58. The topological polar surface area (TPSA) is 0 Å². The monoisotopic (exact) mass is 248 g/mol. The fourth-order valence-electron chi connectivity index (χ4n) is 1.18. The average Bonchev–Trinajstić information content (AvgIpc) is 1.96. The average molecular weight is 249 g/mol. The van der Waals surface area contributed by atoms with E-state index in [4.69, 9.17) is 0 Å². The molecular formula is C10H11BrF2. The Morgan fingerprint density at radius 1 is 1.23 bits per heavy atom. The van der Waals surface area contributed by atoms with Gasteiger partial charge in [-0.25, -0.2) is 8.78 Å². The summed E-state index contributed by atoms with van der Waals surface area (Å²) in [6, 6.07) is 2.58. The van der Waals surface area contributed by atoms with Gasteiger partial charge in [-0.15, -0.1) is 0 Å². The molecule has 0 N–H and O–H groups in total. The van der Waals surface area contributed by atoms with Crippen LogP contribution in [0.25, 0.3) is 0 Å². The highest BCUT2D eigenvalue weighted by Gasteiger charge is 2.11. The van der Waals surface area contributed by atoms with Crippen LogP contribution in [-0.2, 0) is 6.42 Å². The zero-order valence-corrected chi connectivity index (χ0v) is 9.16. The van der Waals surface area contributed by atoms with Crippen molar-refractivity contribution < 1.29 is 8.78 Å². The minimum Gasteiger partial charge on any atom is -0.207 e. The van der Waals surface area contributed by atoms with Gasteiger partial charge in [0.15, 0.2) is 0 Å². The quantitative estimate of drug-likeness (QED) is 0.745. The van der Waals surface area contributed by atoms with Crippen molar-refractivity contribution in [2.45, 2.75) is 20.3 Å². The third kappa shape index (κ3) is 2.76. The van der Waals surface area contributed by atoms with Gasteiger partial charge in [-0.2, -0.15) is 0 Å². The van der Waals surface area contributed by atoms with Gasteiger partial charge >= 0.3 is 0 Å². The van der Waals surface area contributed by atoms with Crippen molar-refractivity contribution in [1.82, 2.24) is 0 Å². The van der Waals surface area contributed by atoms with E-state index in [-0.39, 0.29) is 11.5 Å². The summed E-state index contributed by atoms with van der Waals surface area (Å²) in [4.78, 5) is 0. The Labute approximate surface area is 85.1 Å². The summed E-state index contributed by atoms with van der Waals surface area (Å²) >= 11 is 3.03. The zero-order chi connectivity index (χ0) is 10.0. The van der Waals surface area contributed by atoms with E-state index in [1.54, 1.807) is 0 Å². The van der Waals surface area contributed by atoms with E-state index in [2.05, 4.69) is 15.9 Å². The van der Waals surface area contributed by atoms with E-state index in [0.29, 0.717) is 10.9 Å². The van der Waals surface area contributed by atoms with Crippen LogP contribution in [0.1, 0.15) is 19.4 Å². The first-order valence-corrected chi connectivity index (χ1v) is 4.93. The van der Waals surface area contributed by atoms with Crippen LogP contribution < -0.4 is 0 Å². The van der Waals surface area contributed by atoms with Gasteiger partial charge in [0, 0.05) is 10.0 Å². The number of hydrogen-bond donors (Lipinski definition) is 0. The molecule has 0 fully saturated rings. The second-order valence-corrected chi connectivity index (χ2v) is 4.36. The molecule has 13 heavy (non-hydrogen) atoms. The first kappa shape index (κ1) is 10.6. The normalized spacial score (nSPS) is 10.9. The maximum absolute atomic E-state index is 13.2. The molecule has 0 spiro atoms. The molecule has 0 bridgehead atoms. The fraction of sp³-hybridized carbons (Fsp3) is 0.400. The summed E-state index contributed by atoms with van der Waals surface area (Å²) in [5.74, 6) is -0.689. The standard InChI is InChI=1S/C10H11BrF2/c1-6(2)3-8-9(12)4-7(11)5-10(8)13/h4-6H,3H2,1-2H3. The summed E-state index contributed by atoms with van der Waals surface area (Å²) in [5.41, 5.74) is 0.179. The summed E-state index contributed by atoms with van der Waals surface area (Å²) in [5, 5.41) is 0. The van der Waals surface area contributed by atoms with Gasteiger partial charge in [0.2, 0.25) is 0 Å². The van der Waals surface area contributed by atoms with Crippen LogP contribution in [0.3, 0.4) is 0 Å². The van der Waals surface area contributed by atoms with Crippen molar-refractivity contribution >= 4 is 15.9 Å². The molecule has 0 atom stereocenters. The molecule has 0 aliphatic carbocycles. The Kier molecular flexibility index (Phi) is 3.42. The molecule has 72 valence electrons. The smallest absolute Gasteiger partial charge is 0.130 e. The molecular weight excluding hydrogens is 238 g/mol. The van der Waals surface area contributed by atoms with Gasteiger partial charge in [0.25, 0.3) is 0 Å². The molecule has 1 rings (SSSR count). The molecule has 0 nitrogen and oxygen atoms in total. The summed E-state index contributed by atoms with van der Waals surface area (Å²) in [6.07, 6.45) is 0.435. The minimum absolute atomic E-state index is 0.179. The van der Waals surface area contributed by atoms with E-state index >= 15 is 0 Å². The molecule has 1 aromatic rings. The van der Waals surface area contributed by atoms with E-state index in [1.807, 2.05) is 13.8 Å². The second-order valence-electron chi connectivity index (χ2n) is 3.45. The Morgan fingerprint density at radius 3 is 2.08 bits per heavy atom. The van der Waals surface area contributed by atoms with Gasteiger partial charge in [0.1, 0.15) is 11.6 Å². The van der Waals surface area contributed by atoms with Gasteiger partial charge in [0.05, 0.1) is 0 Å². The van der Waals surface area contributed by atoms with Crippen LogP contribution in [0, 0.1) is 17.6 Å². The van der Waals surface area contributed by atoms with Crippen LogP contribution in [0.5, 0.6) is 0 Å². The van der Waals surface area contributed by atoms with E-state index in [0.717, 1.165) is 0 Å². The zero-order valence-electron chi connectivity index (χ0n) is 7.57. The van der Waals surface area contributed by atoms with Crippen molar-refractivity contribution in [3.63, 3.8) is 0 Å². The van der Waals surface area contributed by atoms with Crippen LogP contribution in [0.4, 0.5) is 8.78 Å².